The highest BCUT2D eigenvalue weighted by molar-refractivity contribution is 6.00. The number of ether oxygens (including phenoxy) is 1. The van der Waals surface area contributed by atoms with Gasteiger partial charge in [0.05, 0.1) is 17.2 Å². The minimum Gasteiger partial charge on any atom is -0.475 e. The third-order valence-corrected chi connectivity index (χ3v) is 5.81. The Kier molecular flexibility index (Phi) is 6.57. The number of benzene rings is 1. The summed E-state index contributed by atoms with van der Waals surface area (Å²) in [6, 6.07) is 10.8. The number of alkyl halides is 3. The third kappa shape index (κ3) is 5.13. The molecule has 3 aromatic rings. The van der Waals surface area contributed by atoms with E-state index in [0.29, 0.717) is 23.5 Å². The molecule has 0 N–H and O–H groups in total. The smallest absolute Gasteiger partial charge is 0.417 e. The van der Waals surface area contributed by atoms with Crippen LogP contribution in [0.3, 0.4) is 0 Å². The minimum absolute atomic E-state index is 0.0891. The zero-order valence-corrected chi connectivity index (χ0v) is 18.0. The van der Waals surface area contributed by atoms with Crippen molar-refractivity contribution in [3.05, 3.63) is 72.2 Å². The summed E-state index contributed by atoms with van der Waals surface area (Å²) in [4.78, 5) is 27.7. The van der Waals surface area contributed by atoms with Gasteiger partial charge in [0.2, 0.25) is 5.88 Å². The van der Waals surface area contributed by atoms with E-state index in [4.69, 9.17) is 4.74 Å². The summed E-state index contributed by atoms with van der Waals surface area (Å²) < 4.78 is 44.0. The van der Waals surface area contributed by atoms with E-state index >= 15 is 0 Å². The Hall–Kier alpha value is -3.49. The van der Waals surface area contributed by atoms with Crippen LogP contribution >= 0.6 is 0 Å². The zero-order chi connectivity index (χ0) is 23.4. The monoisotopic (exact) mass is 456 g/mol. The summed E-state index contributed by atoms with van der Waals surface area (Å²) in [6.45, 7) is 2.73. The van der Waals surface area contributed by atoms with Crippen molar-refractivity contribution in [3.8, 4) is 17.3 Å². The van der Waals surface area contributed by atoms with Gasteiger partial charge in [0.15, 0.2) is 5.82 Å². The van der Waals surface area contributed by atoms with Crippen molar-refractivity contribution in [2.45, 2.75) is 32.0 Å². The normalized spacial score (nSPS) is 18.7. The fraction of sp³-hybridized carbons (Fsp3) is 0.333. The summed E-state index contributed by atoms with van der Waals surface area (Å²) in [6.07, 6.45) is 1.31. The molecule has 1 aliphatic heterocycles. The van der Waals surface area contributed by atoms with E-state index < -0.39 is 11.7 Å². The van der Waals surface area contributed by atoms with Crippen molar-refractivity contribution in [1.82, 2.24) is 19.9 Å². The topological polar surface area (TPSA) is 68.2 Å². The van der Waals surface area contributed by atoms with Gasteiger partial charge in [-0.05, 0) is 37.0 Å². The van der Waals surface area contributed by atoms with E-state index in [-0.39, 0.29) is 30.4 Å². The number of aromatic nitrogens is 3. The largest absolute Gasteiger partial charge is 0.475 e. The number of hydrogen-bond donors (Lipinski definition) is 0. The lowest BCUT2D eigenvalue weighted by Gasteiger charge is -2.40. The first-order chi connectivity index (χ1) is 15.8. The van der Waals surface area contributed by atoms with Gasteiger partial charge in [-0.3, -0.25) is 4.79 Å². The summed E-state index contributed by atoms with van der Waals surface area (Å²) in [5.74, 6) is 0.551. The highest BCUT2D eigenvalue weighted by atomic mass is 19.4. The van der Waals surface area contributed by atoms with Crippen molar-refractivity contribution < 1.29 is 22.7 Å². The summed E-state index contributed by atoms with van der Waals surface area (Å²) in [7, 11) is 0. The Morgan fingerprint density at radius 3 is 2.55 bits per heavy atom. The van der Waals surface area contributed by atoms with Crippen LogP contribution in [-0.4, -0.2) is 45.0 Å². The minimum atomic E-state index is -4.46. The molecule has 4 rings (SSSR count). The highest BCUT2D eigenvalue weighted by Gasteiger charge is 2.34. The van der Waals surface area contributed by atoms with Crippen LogP contribution in [-0.2, 0) is 6.18 Å². The van der Waals surface area contributed by atoms with E-state index in [1.807, 2.05) is 19.1 Å². The maximum atomic E-state index is 13.6. The number of halogens is 3. The average molecular weight is 456 g/mol. The average Bonchev–Trinajstić information content (AvgIpc) is 2.83. The van der Waals surface area contributed by atoms with Crippen molar-refractivity contribution >= 4 is 5.91 Å². The number of carbonyl (C=O) groups is 1. The molecular formula is C24H23F3N4O2. The molecule has 9 heteroatoms. The molecule has 1 aromatic carbocycles. The lowest BCUT2D eigenvalue weighted by atomic mass is 9.90. The van der Waals surface area contributed by atoms with Gasteiger partial charge in [0.25, 0.3) is 5.91 Å². The van der Waals surface area contributed by atoms with Gasteiger partial charge < -0.3 is 9.64 Å². The van der Waals surface area contributed by atoms with Crippen molar-refractivity contribution in [2.24, 2.45) is 5.92 Å². The summed E-state index contributed by atoms with van der Waals surface area (Å²) in [5, 5.41) is 0. The molecule has 2 aromatic heterocycles. The van der Waals surface area contributed by atoms with Crippen LogP contribution in [0.15, 0.2) is 61.1 Å². The number of hydrogen-bond acceptors (Lipinski definition) is 5. The quantitative estimate of drug-likeness (QED) is 0.548. The molecule has 0 unspecified atom stereocenters. The molecule has 3 heterocycles. The number of carbonyl (C=O) groups excluding carboxylic acids is 1. The molecule has 0 saturated carbocycles. The van der Waals surface area contributed by atoms with Crippen LogP contribution in [0.2, 0.25) is 0 Å². The van der Waals surface area contributed by atoms with Crippen LogP contribution < -0.4 is 4.74 Å². The van der Waals surface area contributed by atoms with E-state index in [0.717, 1.165) is 25.1 Å². The number of amides is 1. The SMILES string of the molecule is C[C@@H]1CCCN(C(=O)c2ccccc2-c2ncccn2)[C@@H]1COc1ccc(C(F)(F)F)cn1. The van der Waals surface area contributed by atoms with Crippen LogP contribution in [0.4, 0.5) is 13.2 Å². The number of piperidine rings is 1. The molecule has 1 aliphatic rings. The molecule has 1 saturated heterocycles. The molecular weight excluding hydrogens is 433 g/mol. The number of nitrogens with zero attached hydrogens (tertiary/aromatic N) is 4. The van der Waals surface area contributed by atoms with Crippen molar-refractivity contribution in [2.75, 3.05) is 13.2 Å². The van der Waals surface area contributed by atoms with Gasteiger partial charge in [-0.25, -0.2) is 15.0 Å². The van der Waals surface area contributed by atoms with Gasteiger partial charge in [-0.15, -0.1) is 0 Å². The van der Waals surface area contributed by atoms with Gasteiger partial charge in [-0.2, -0.15) is 13.2 Å². The maximum Gasteiger partial charge on any atom is 0.417 e. The van der Waals surface area contributed by atoms with Gasteiger partial charge in [0.1, 0.15) is 6.61 Å². The molecule has 0 spiro atoms. The second-order valence-electron chi connectivity index (χ2n) is 8.00. The summed E-state index contributed by atoms with van der Waals surface area (Å²) >= 11 is 0. The number of likely N-dealkylation sites (tertiary alicyclic amines) is 1. The molecule has 33 heavy (non-hydrogen) atoms. The van der Waals surface area contributed by atoms with Crippen molar-refractivity contribution in [1.29, 1.82) is 0 Å². The lowest BCUT2D eigenvalue weighted by Crippen LogP contribution is -2.50. The fourth-order valence-electron chi connectivity index (χ4n) is 4.02. The maximum absolute atomic E-state index is 13.6. The second-order valence-corrected chi connectivity index (χ2v) is 8.00. The van der Waals surface area contributed by atoms with E-state index in [2.05, 4.69) is 15.0 Å². The first-order valence-corrected chi connectivity index (χ1v) is 10.7. The number of pyridine rings is 1. The molecule has 172 valence electrons. The fourth-order valence-corrected chi connectivity index (χ4v) is 4.02. The van der Waals surface area contributed by atoms with Crippen LogP contribution in [0.25, 0.3) is 11.4 Å². The molecule has 0 aliphatic carbocycles. The Labute approximate surface area is 189 Å². The predicted octanol–water partition coefficient (Wildman–Crippen LogP) is 4.88. The Morgan fingerprint density at radius 1 is 1.09 bits per heavy atom. The Morgan fingerprint density at radius 2 is 1.85 bits per heavy atom. The molecule has 0 bridgehead atoms. The van der Waals surface area contributed by atoms with E-state index in [1.54, 1.807) is 35.5 Å². The molecule has 0 radical (unpaired) electrons. The number of rotatable bonds is 5. The second kappa shape index (κ2) is 9.56. The standard InChI is InChI=1S/C24H23F3N4O2/c1-16-6-4-13-31(20(16)15-33-21-10-9-17(14-30-21)24(25,26)27)23(32)19-8-3-2-7-18(19)22-28-11-5-12-29-22/h2-3,5,7-12,14,16,20H,4,6,13,15H2,1H3/t16-,20-/m1/s1. The predicted molar refractivity (Wildman–Crippen MR) is 115 cm³/mol. The van der Waals surface area contributed by atoms with Crippen LogP contribution in [0.1, 0.15) is 35.7 Å². The molecule has 1 fully saturated rings. The third-order valence-electron chi connectivity index (χ3n) is 5.81. The van der Waals surface area contributed by atoms with Crippen LogP contribution in [0, 0.1) is 5.92 Å². The first kappa shape index (κ1) is 22.7. The molecule has 1 amide bonds. The molecule has 6 nitrogen and oxygen atoms in total. The molecule has 2 atom stereocenters. The summed E-state index contributed by atoms with van der Waals surface area (Å²) in [5.41, 5.74) is 0.304. The van der Waals surface area contributed by atoms with E-state index in [1.165, 1.54) is 6.07 Å². The Balaban J connectivity index is 1.54. The highest BCUT2D eigenvalue weighted by Crippen LogP contribution is 2.30. The van der Waals surface area contributed by atoms with Gasteiger partial charge in [0, 0.05) is 36.8 Å². The Bertz CT molecular complexity index is 1090. The lowest BCUT2D eigenvalue weighted by molar-refractivity contribution is -0.137. The zero-order valence-electron chi connectivity index (χ0n) is 18.0. The van der Waals surface area contributed by atoms with Gasteiger partial charge >= 0.3 is 6.18 Å². The van der Waals surface area contributed by atoms with E-state index in [9.17, 15) is 18.0 Å². The van der Waals surface area contributed by atoms with Gasteiger partial charge in [-0.1, -0.05) is 25.1 Å². The van der Waals surface area contributed by atoms with Crippen LogP contribution in [0.5, 0.6) is 5.88 Å². The first-order valence-electron chi connectivity index (χ1n) is 10.7. The van der Waals surface area contributed by atoms with Crippen molar-refractivity contribution in [3.63, 3.8) is 0 Å².